The number of benzene rings is 2. The predicted molar refractivity (Wildman–Crippen MR) is 91.4 cm³/mol. The molecule has 130 valence electrons. The van der Waals surface area contributed by atoms with E-state index in [1.807, 2.05) is 42.6 Å². The molecule has 25 heavy (non-hydrogen) atoms. The van der Waals surface area contributed by atoms with E-state index < -0.39 is 6.03 Å². The lowest BCUT2D eigenvalue weighted by atomic mass is 10.1. The summed E-state index contributed by atoms with van der Waals surface area (Å²) in [6.07, 6.45) is 0. The number of hydrogen-bond donors (Lipinski definition) is 3. The number of carbonyl (C=O) groups is 2. The van der Waals surface area contributed by atoms with Gasteiger partial charge >= 0.3 is 6.03 Å². The molecule has 1 aliphatic rings. The number of urea groups is 1. The quantitative estimate of drug-likeness (QED) is 0.765. The number of carbonyl (C=O) groups excluding carboxylic acids is 2. The van der Waals surface area contributed by atoms with E-state index >= 15 is 0 Å². The Morgan fingerprint density at radius 1 is 1.12 bits per heavy atom. The van der Waals surface area contributed by atoms with Crippen LogP contribution in [0, 0.1) is 0 Å². The number of nitrogens with two attached hydrogens (primary N) is 1. The lowest BCUT2D eigenvalue weighted by Gasteiger charge is -2.11. The zero-order valence-electron chi connectivity index (χ0n) is 13.8. The Bertz CT molecular complexity index is 764. The predicted octanol–water partition coefficient (Wildman–Crippen LogP) is 1.39. The normalized spacial score (nSPS) is 13.2. The molecule has 0 saturated carbocycles. The zero-order valence-corrected chi connectivity index (χ0v) is 13.8. The fraction of sp³-hybridized carbons (Fsp3) is 0.222. The summed E-state index contributed by atoms with van der Waals surface area (Å²) < 4.78 is 10.4. The lowest BCUT2D eigenvalue weighted by Crippen LogP contribution is -2.87. The van der Waals surface area contributed by atoms with Crippen molar-refractivity contribution < 1.29 is 24.4 Å². The Balaban J connectivity index is 1.45. The van der Waals surface area contributed by atoms with Gasteiger partial charge in [-0.05, 0) is 19.1 Å². The topological polar surface area (TPSA) is 93.3 Å². The maximum atomic E-state index is 11.9. The molecule has 0 aliphatic carbocycles. The van der Waals surface area contributed by atoms with Crippen LogP contribution in [-0.2, 0) is 4.79 Å². The van der Waals surface area contributed by atoms with Crippen molar-refractivity contribution in [1.29, 1.82) is 0 Å². The molecule has 0 aromatic heterocycles. The van der Waals surface area contributed by atoms with Crippen LogP contribution in [0.2, 0.25) is 0 Å². The highest BCUT2D eigenvalue weighted by molar-refractivity contribution is 6.01. The number of ether oxygens (including phenoxy) is 2. The second-order valence-electron chi connectivity index (χ2n) is 5.71. The molecule has 7 heteroatoms. The van der Waals surface area contributed by atoms with Crippen molar-refractivity contribution in [3.05, 3.63) is 54.1 Å². The summed E-state index contributed by atoms with van der Waals surface area (Å²) in [7, 11) is 0. The molecule has 0 bridgehead atoms. The molecule has 0 fully saturated rings. The molecule has 1 atom stereocenters. The van der Waals surface area contributed by atoms with Gasteiger partial charge in [0.2, 0.25) is 6.79 Å². The van der Waals surface area contributed by atoms with Gasteiger partial charge in [0.25, 0.3) is 5.91 Å². The van der Waals surface area contributed by atoms with E-state index in [0.29, 0.717) is 17.2 Å². The molecular formula is C18H20N3O4+. The minimum atomic E-state index is -0.579. The van der Waals surface area contributed by atoms with Gasteiger partial charge in [-0.2, -0.15) is 0 Å². The van der Waals surface area contributed by atoms with E-state index in [9.17, 15) is 9.59 Å². The van der Waals surface area contributed by atoms with E-state index in [1.54, 1.807) is 18.2 Å². The average molecular weight is 342 g/mol. The lowest BCUT2D eigenvalue weighted by molar-refractivity contribution is -0.682. The van der Waals surface area contributed by atoms with Crippen molar-refractivity contribution in [2.45, 2.75) is 13.0 Å². The second-order valence-corrected chi connectivity index (χ2v) is 5.71. The molecule has 3 rings (SSSR count). The van der Waals surface area contributed by atoms with Crippen LogP contribution in [0.4, 0.5) is 10.5 Å². The van der Waals surface area contributed by atoms with Crippen molar-refractivity contribution in [2.75, 3.05) is 18.7 Å². The first-order valence-electron chi connectivity index (χ1n) is 8.00. The first-order valence-corrected chi connectivity index (χ1v) is 8.00. The van der Waals surface area contributed by atoms with E-state index in [0.717, 1.165) is 5.56 Å². The number of rotatable bonds is 5. The van der Waals surface area contributed by atoms with Crippen molar-refractivity contribution >= 4 is 17.6 Å². The summed E-state index contributed by atoms with van der Waals surface area (Å²) >= 11 is 0. The largest absolute Gasteiger partial charge is 0.454 e. The number of nitrogens with one attached hydrogen (secondary N) is 2. The summed E-state index contributed by atoms with van der Waals surface area (Å²) in [4.78, 5) is 23.8. The van der Waals surface area contributed by atoms with E-state index in [4.69, 9.17) is 9.47 Å². The molecule has 3 amide bonds. The van der Waals surface area contributed by atoms with Gasteiger partial charge in [0, 0.05) is 17.3 Å². The van der Waals surface area contributed by atoms with Crippen molar-refractivity contribution in [2.24, 2.45) is 0 Å². The molecular weight excluding hydrogens is 322 g/mol. The van der Waals surface area contributed by atoms with E-state index in [2.05, 4.69) is 10.6 Å². The van der Waals surface area contributed by atoms with E-state index in [-0.39, 0.29) is 25.3 Å². The molecule has 0 unspecified atom stereocenters. The SMILES string of the molecule is C[C@H]([NH2+]CC(=O)NC(=O)Nc1ccc2c(c1)OCO2)c1ccccc1. The monoisotopic (exact) mass is 342 g/mol. The summed E-state index contributed by atoms with van der Waals surface area (Å²) in [5, 5.41) is 6.79. The molecule has 1 heterocycles. The third-order valence-corrected chi connectivity index (χ3v) is 3.87. The van der Waals surface area contributed by atoms with Crippen molar-refractivity contribution in [3.8, 4) is 11.5 Å². The standard InChI is InChI=1S/C18H19N3O4/c1-12(13-5-3-2-4-6-13)19-10-17(22)21-18(23)20-14-7-8-15-16(9-14)25-11-24-15/h2-9,12,19H,10-11H2,1H3,(H2,20,21,22,23)/p+1/t12-/m0/s1. The van der Waals surface area contributed by atoms with Crippen LogP contribution >= 0.6 is 0 Å². The minimum Gasteiger partial charge on any atom is -0.454 e. The highest BCUT2D eigenvalue weighted by atomic mass is 16.7. The Labute approximate surface area is 145 Å². The minimum absolute atomic E-state index is 0.129. The Kier molecular flexibility index (Phi) is 5.15. The van der Waals surface area contributed by atoms with Gasteiger partial charge in [-0.1, -0.05) is 30.3 Å². The van der Waals surface area contributed by atoms with Gasteiger partial charge in [-0.3, -0.25) is 10.1 Å². The Morgan fingerprint density at radius 3 is 2.68 bits per heavy atom. The van der Waals surface area contributed by atoms with Gasteiger partial charge in [-0.15, -0.1) is 0 Å². The first-order chi connectivity index (χ1) is 12.1. The zero-order chi connectivity index (χ0) is 17.6. The van der Waals surface area contributed by atoms with Crippen LogP contribution in [-0.4, -0.2) is 25.3 Å². The van der Waals surface area contributed by atoms with Gasteiger partial charge in [0.15, 0.2) is 18.0 Å². The molecule has 0 spiro atoms. The summed E-state index contributed by atoms with van der Waals surface area (Å²) in [5.41, 5.74) is 1.65. The number of imide groups is 1. The van der Waals surface area contributed by atoms with Crippen LogP contribution in [0.1, 0.15) is 18.5 Å². The molecule has 1 aliphatic heterocycles. The highest BCUT2D eigenvalue weighted by Gasteiger charge is 2.16. The van der Waals surface area contributed by atoms with Gasteiger partial charge < -0.3 is 20.1 Å². The number of quaternary nitrogens is 1. The van der Waals surface area contributed by atoms with Gasteiger partial charge in [0.05, 0.1) is 0 Å². The first kappa shape index (κ1) is 16.8. The average Bonchev–Trinajstić information content (AvgIpc) is 3.08. The number of anilines is 1. The van der Waals surface area contributed by atoms with Gasteiger partial charge in [-0.25, -0.2) is 4.79 Å². The number of amides is 3. The fourth-order valence-corrected chi connectivity index (χ4v) is 2.49. The van der Waals surface area contributed by atoms with Crippen molar-refractivity contribution in [1.82, 2.24) is 5.32 Å². The van der Waals surface area contributed by atoms with Crippen LogP contribution in [0.15, 0.2) is 48.5 Å². The third kappa shape index (κ3) is 4.48. The summed E-state index contributed by atoms with van der Waals surface area (Å²) in [6, 6.07) is 14.5. The van der Waals surface area contributed by atoms with Crippen LogP contribution in [0.3, 0.4) is 0 Å². The van der Waals surface area contributed by atoms with Crippen molar-refractivity contribution in [3.63, 3.8) is 0 Å². The number of hydrogen-bond acceptors (Lipinski definition) is 4. The third-order valence-electron chi connectivity index (χ3n) is 3.87. The van der Waals surface area contributed by atoms with Crippen LogP contribution < -0.4 is 25.4 Å². The second kappa shape index (κ2) is 7.67. The molecule has 2 aromatic rings. The van der Waals surface area contributed by atoms with E-state index in [1.165, 1.54) is 0 Å². The molecule has 7 nitrogen and oxygen atoms in total. The molecule has 2 aromatic carbocycles. The number of fused-ring (bicyclic) bond motifs is 1. The molecule has 4 N–H and O–H groups in total. The van der Waals surface area contributed by atoms with Gasteiger partial charge in [0.1, 0.15) is 6.04 Å². The van der Waals surface area contributed by atoms with Crippen LogP contribution in [0.25, 0.3) is 0 Å². The maximum Gasteiger partial charge on any atom is 0.326 e. The molecule has 0 saturated heterocycles. The van der Waals surface area contributed by atoms with Crippen LogP contribution in [0.5, 0.6) is 11.5 Å². The molecule has 0 radical (unpaired) electrons. The summed E-state index contributed by atoms with van der Waals surface area (Å²) in [5.74, 6) is 0.835. The highest BCUT2D eigenvalue weighted by Crippen LogP contribution is 2.34. The smallest absolute Gasteiger partial charge is 0.326 e. The Morgan fingerprint density at radius 2 is 1.88 bits per heavy atom. The Hall–Kier alpha value is -3.06. The summed E-state index contributed by atoms with van der Waals surface area (Å²) in [6.45, 7) is 2.33. The maximum absolute atomic E-state index is 11.9. The fourth-order valence-electron chi connectivity index (χ4n) is 2.49.